The van der Waals surface area contributed by atoms with E-state index in [9.17, 15) is 14.4 Å². The number of carbonyl (C=O) groups excluding carboxylic acids is 2. The number of benzene rings is 2. The molecule has 3 fully saturated rings. The third-order valence-electron chi connectivity index (χ3n) is 8.21. The minimum absolute atomic E-state index is 0.0200. The number of hydrogen-bond donors (Lipinski definition) is 2. The molecule has 2 heterocycles. The van der Waals surface area contributed by atoms with Gasteiger partial charge in [0.25, 0.3) is 5.91 Å². The molecule has 0 unspecified atom stereocenters. The molecular weight excluding hydrogens is 454 g/mol. The minimum atomic E-state index is -0.989. The molecule has 2 aromatic carbocycles. The predicted molar refractivity (Wildman–Crippen MR) is 137 cm³/mol. The van der Waals surface area contributed by atoms with E-state index in [1.165, 1.54) is 12.1 Å². The highest BCUT2D eigenvalue weighted by molar-refractivity contribution is 5.96. The standard InChI is InChI=1S/C29H35N3O4/c33-27(21-8-4-5-9-21)30-26(20-6-2-1-3-7-20)14-15-31-16-24-18-32(19-25(24)17-31)28(34)22-10-12-23(13-11-22)29(35)36/h1-3,6-7,10-13,21,24-26H,4-5,8-9,14-19H2,(H,30,33)(H,35,36)/t24-,25+,26-/m0/s1. The lowest BCUT2D eigenvalue weighted by Gasteiger charge is -2.25. The summed E-state index contributed by atoms with van der Waals surface area (Å²) >= 11 is 0. The Balaban J connectivity index is 1.14. The highest BCUT2D eigenvalue weighted by Crippen LogP contribution is 2.33. The molecule has 0 bridgehead atoms. The predicted octanol–water partition coefficient (Wildman–Crippen LogP) is 3.83. The third kappa shape index (κ3) is 5.46. The molecule has 0 radical (unpaired) electrons. The average molecular weight is 490 g/mol. The fourth-order valence-corrected chi connectivity index (χ4v) is 6.17. The van der Waals surface area contributed by atoms with Crippen LogP contribution in [-0.4, -0.2) is 65.4 Å². The molecular formula is C29H35N3O4. The van der Waals surface area contributed by atoms with Gasteiger partial charge in [-0.1, -0.05) is 43.2 Å². The van der Waals surface area contributed by atoms with Crippen LogP contribution in [0.15, 0.2) is 54.6 Å². The zero-order chi connectivity index (χ0) is 25.1. The Bertz CT molecular complexity index is 1070. The van der Waals surface area contributed by atoms with Crippen LogP contribution in [0.1, 0.15) is 64.4 Å². The summed E-state index contributed by atoms with van der Waals surface area (Å²) in [4.78, 5) is 41.3. The number of aromatic carboxylic acids is 1. The van der Waals surface area contributed by atoms with Gasteiger partial charge in [-0.3, -0.25) is 9.59 Å². The lowest BCUT2D eigenvalue weighted by atomic mass is 10.0. The molecule has 0 spiro atoms. The summed E-state index contributed by atoms with van der Waals surface area (Å²) in [5.74, 6) is 0.256. The van der Waals surface area contributed by atoms with E-state index >= 15 is 0 Å². The van der Waals surface area contributed by atoms with Crippen LogP contribution < -0.4 is 5.32 Å². The van der Waals surface area contributed by atoms with Crippen LogP contribution in [0.25, 0.3) is 0 Å². The van der Waals surface area contributed by atoms with Crippen molar-refractivity contribution in [3.8, 4) is 0 Å². The van der Waals surface area contributed by atoms with Crippen LogP contribution in [0.5, 0.6) is 0 Å². The number of carbonyl (C=O) groups is 3. The second kappa shape index (κ2) is 10.8. The molecule has 2 aliphatic heterocycles. The second-order valence-electron chi connectivity index (χ2n) is 10.6. The highest BCUT2D eigenvalue weighted by atomic mass is 16.4. The molecule has 1 saturated carbocycles. The van der Waals surface area contributed by atoms with Gasteiger partial charge in [-0.25, -0.2) is 4.79 Å². The van der Waals surface area contributed by atoms with Gasteiger partial charge in [0.1, 0.15) is 0 Å². The first-order valence-electron chi connectivity index (χ1n) is 13.2. The third-order valence-corrected chi connectivity index (χ3v) is 8.21. The van der Waals surface area contributed by atoms with Crippen LogP contribution in [0.4, 0.5) is 0 Å². The Morgan fingerprint density at radius 2 is 1.47 bits per heavy atom. The van der Waals surface area contributed by atoms with Crippen molar-refractivity contribution in [3.63, 3.8) is 0 Å². The number of carboxylic acid groups (broad SMARTS) is 1. The summed E-state index contributed by atoms with van der Waals surface area (Å²) < 4.78 is 0. The normalized spacial score (nSPS) is 22.9. The average Bonchev–Trinajstić information content (AvgIpc) is 3.64. The Morgan fingerprint density at radius 3 is 2.08 bits per heavy atom. The number of carboxylic acids is 1. The summed E-state index contributed by atoms with van der Waals surface area (Å²) in [5.41, 5.74) is 1.89. The van der Waals surface area contributed by atoms with Gasteiger partial charge in [0.05, 0.1) is 11.6 Å². The lowest BCUT2D eigenvalue weighted by molar-refractivity contribution is -0.125. The maximum atomic E-state index is 12.9. The van der Waals surface area contributed by atoms with E-state index in [1.54, 1.807) is 12.1 Å². The molecule has 190 valence electrons. The molecule has 1 aliphatic carbocycles. The summed E-state index contributed by atoms with van der Waals surface area (Å²) in [6.45, 7) is 4.32. The molecule has 3 atom stereocenters. The number of hydrogen-bond acceptors (Lipinski definition) is 4. The number of nitrogens with zero attached hydrogens (tertiary/aromatic N) is 2. The zero-order valence-corrected chi connectivity index (χ0v) is 20.6. The van der Waals surface area contributed by atoms with Crippen molar-refractivity contribution in [1.29, 1.82) is 0 Å². The highest BCUT2D eigenvalue weighted by Gasteiger charge is 2.41. The van der Waals surface area contributed by atoms with Crippen LogP contribution in [0.2, 0.25) is 0 Å². The Morgan fingerprint density at radius 1 is 0.861 bits per heavy atom. The summed E-state index contributed by atoms with van der Waals surface area (Å²) in [5, 5.41) is 12.4. The van der Waals surface area contributed by atoms with Crippen molar-refractivity contribution in [3.05, 3.63) is 71.3 Å². The Labute approximate surface area is 212 Å². The number of nitrogens with one attached hydrogen (secondary N) is 1. The quantitative estimate of drug-likeness (QED) is 0.588. The van der Waals surface area contributed by atoms with Gasteiger partial charge in [0.15, 0.2) is 0 Å². The first-order valence-corrected chi connectivity index (χ1v) is 13.2. The minimum Gasteiger partial charge on any atom is -0.478 e. The molecule has 2 N–H and O–H groups in total. The largest absolute Gasteiger partial charge is 0.478 e. The number of likely N-dealkylation sites (tertiary alicyclic amines) is 2. The van der Waals surface area contributed by atoms with E-state index in [0.29, 0.717) is 17.4 Å². The fourth-order valence-electron chi connectivity index (χ4n) is 6.17. The molecule has 7 nitrogen and oxygen atoms in total. The molecule has 3 aliphatic rings. The van der Waals surface area contributed by atoms with Gasteiger partial charge in [-0.2, -0.15) is 0 Å². The van der Waals surface area contributed by atoms with Crippen LogP contribution in [0.3, 0.4) is 0 Å². The molecule has 0 aromatic heterocycles. The van der Waals surface area contributed by atoms with Gasteiger partial charge >= 0.3 is 5.97 Å². The topological polar surface area (TPSA) is 89.9 Å². The first kappa shape index (κ1) is 24.5. The van der Waals surface area contributed by atoms with Gasteiger partial charge in [-0.15, -0.1) is 0 Å². The Kier molecular flexibility index (Phi) is 7.37. The molecule has 7 heteroatoms. The van der Waals surface area contributed by atoms with Crippen molar-refractivity contribution in [2.45, 2.75) is 38.1 Å². The fraction of sp³-hybridized carbons (Fsp3) is 0.483. The SMILES string of the molecule is O=C(O)c1ccc(C(=O)N2C[C@H]3CN(CC[C@H](NC(=O)C4CCCC4)c4ccccc4)C[C@H]3C2)cc1. The van der Waals surface area contributed by atoms with E-state index in [-0.39, 0.29) is 29.3 Å². The van der Waals surface area contributed by atoms with Crippen molar-refractivity contribution >= 4 is 17.8 Å². The molecule has 2 amide bonds. The maximum Gasteiger partial charge on any atom is 0.335 e. The van der Waals surface area contributed by atoms with E-state index in [4.69, 9.17) is 5.11 Å². The summed E-state index contributed by atoms with van der Waals surface area (Å²) in [7, 11) is 0. The number of rotatable bonds is 8. The van der Waals surface area contributed by atoms with Crippen molar-refractivity contribution in [1.82, 2.24) is 15.1 Å². The van der Waals surface area contributed by atoms with E-state index in [0.717, 1.165) is 70.4 Å². The second-order valence-corrected chi connectivity index (χ2v) is 10.6. The Hall–Kier alpha value is -3.19. The van der Waals surface area contributed by atoms with Crippen molar-refractivity contribution < 1.29 is 19.5 Å². The molecule has 36 heavy (non-hydrogen) atoms. The summed E-state index contributed by atoms with van der Waals surface area (Å²) in [6, 6.07) is 16.5. The van der Waals surface area contributed by atoms with Crippen molar-refractivity contribution in [2.24, 2.45) is 17.8 Å². The smallest absolute Gasteiger partial charge is 0.335 e. The maximum absolute atomic E-state index is 12.9. The molecule has 5 rings (SSSR count). The first-order chi connectivity index (χ1) is 17.5. The summed E-state index contributed by atoms with van der Waals surface area (Å²) in [6.07, 6.45) is 5.18. The number of amides is 2. The zero-order valence-electron chi connectivity index (χ0n) is 20.6. The van der Waals surface area contributed by atoms with E-state index in [2.05, 4.69) is 22.3 Å². The lowest BCUT2D eigenvalue weighted by Crippen LogP contribution is -2.36. The van der Waals surface area contributed by atoms with Crippen molar-refractivity contribution in [2.75, 3.05) is 32.7 Å². The monoisotopic (exact) mass is 489 g/mol. The van der Waals surface area contributed by atoms with Crippen LogP contribution in [-0.2, 0) is 4.79 Å². The van der Waals surface area contributed by atoms with Crippen LogP contribution in [0, 0.1) is 17.8 Å². The number of fused-ring (bicyclic) bond motifs is 1. The van der Waals surface area contributed by atoms with Gasteiger partial charge < -0.3 is 20.2 Å². The van der Waals surface area contributed by atoms with Gasteiger partial charge in [0, 0.05) is 44.2 Å². The van der Waals surface area contributed by atoms with Gasteiger partial charge in [-0.05, 0) is 60.9 Å². The molecule has 2 aromatic rings. The van der Waals surface area contributed by atoms with Crippen LogP contribution >= 0.6 is 0 Å². The molecule has 2 saturated heterocycles. The van der Waals surface area contributed by atoms with E-state index in [1.807, 2.05) is 23.1 Å². The van der Waals surface area contributed by atoms with Gasteiger partial charge in [0.2, 0.25) is 5.91 Å². The van der Waals surface area contributed by atoms with E-state index < -0.39 is 5.97 Å².